The van der Waals surface area contributed by atoms with Crippen LogP contribution in [-0.4, -0.2) is 0 Å². The average Bonchev–Trinajstić information content (AvgIpc) is 3.65. The quantitative estimate of drug-likeness (QED) is 0.210. The molecule has 0 atom stereocenters. The minimum absolute atomic E-state index is 0.859. The molecular weight excluding hydrogens is 512 g/mol. The van der Waals surface area contributed by atoms with Gasteiger partial charge in [0.15, 0.2) is 0 Å². The summed E-state index contributed by atoms with van der Waals surface area (Å²) in [7, 11) is 0. The van der Waals surface area contributed by atoms with Crippen LogP contribution in [-0.2, 0) is 0 Å². The molecule has 9 aromatic rings. The molecule has 0 saturated heterocycles. The van der Waals surface area contributed by atoms with Crippen LogP contribution in [0, 0.1) is 0 Å². The van der Waals surface area contributed by atoms with Crippen molar-refractivity contribution in [1.82, 2.24) is 0 Å². The Morgan fingerprint density at radius 2 is 0.810 bits per heavy atom. The third kappa shape index (κ3) is 3.39. The van der Waals surface area contributed by atoms with Gasteiger partial charge in [0.1, 0.15) is 22.5 Å². The number of furan rings is 2. The normalized spacial score (nSPS) is 11.8. The molecular formula is C40H24O2. The van der Waals surface area contributed by atoms with Crippen molar-refractivity contribution in [3.8, 4) is 33.6 Å². The van der Waals surface area contributed by atoms with Crippen LogP contribution >= 0.6 is 0 Å². The molecule has 0 aliphatic carbocycles. The molecule has 0 saturated carbocycles. The minimum Gasteiger partial charge on any atom is -0.456 e. The summed E-state index contributed by atoms with van der Waals surface area (Å²) in [6.45, 7) is 0. The van der Waals surface area contributed by atoms with E-state index in [1.807, 2.05) is 24.3 Å². The number of hydrogen-bond donors (Lipinski definition) is 0. The molecule has 2 aromatic heterocycles. The van der Waals surface area contributed by atoms with Gasteiger partial charge >= 0.3 is 0 Å². The summed E-state index contributed by atoms with van der Waals surface area (Å²) in [5.74, 6) is 0.862. The van der Waals surface area contributed by atoms with Gasteiger partial charge < -0.3 is 8.83 Å². The molecule has 196 valence electrons. The Bertz CT molecular complexity index is 2380. The summed E-state index contributed by atoms with van der Waals surface area (Å²) in [6, 6.07) is 51.3. The summed E-state index contributed by atoms with van der Waals surface area (Å²) in [6.07, 6.45) is 0. The van der Waals surface area contributed by atoms with E-state index >= 15 is 0 Å². The van der Waals surface area contributed by atoms with Gasteiger partial charge in [-0.25, -0.2) is 0 Å². The predicted octanol–water partition coefficient (Wildman–Crippen LogP) is 11.6. The van der Waals surface area contributed by atoms with Crippen LogP contribution in [0.3, 0.4) is 0 Å². The maximum absolute atomic E-state index is 6.67. The van der Waals surface area contributed by atoms with Crippen molar-refractivity contribution in [2.24, 2.45) is 0 Å². The molecule has 2 heterocycles. The van der Waals surface area contributed by atoms with Crippen molar-refractivity contribution in [2.75, 3.05) is 0 Å². The fourth-order valence-corrected chi connectivity index (χ4v) is 6.62. The maximum atomic E-state index is 6.67. The second kappa shape index (κ2) is 8.95. The topological polar surface area (TPSA) is 26.3 Å². The lowest BCUT2D eigenvalue weighted by Gasteiger charge is -2.16. The highest BCUT2D eigenvalue weighted by atomic mass is 16.3. The van der Waals surface area contributed by atoms with E-state index in [9.17, 15) is 0 Å². The van der Waals surface area contributed by atoms with E-state index in [4.69, 9.17) is 8.83 Å². The number of fused-ring (bicyclic) bond motifs is 7. The van der Waals surface area contributed by atoms with E-state index in [1.54, 1.807) is 0 Å². The zero-order valence-electron chi connectivity index (χ0n) is 22.7. The largest absolute Gasteiger partial charge is 0.456 e. The van der Waals surface area contributed by atoms with Gasteiger partial charge in [0.2, 0.25) is 0 Å². The van der Waals surface area contributed by atoms with Gasteiger partial charge in [-0.1, -0.05) is 121 Å². The lowest BCUT2D eigenvalue weighted by Crippen LogP contribution is -1.90. The van der Waals surface area contributed by atoms with Crippen LogP contribution in [0.4, 0.5) is 0 Å². The lowest BCUT2D eigenvalue weighted by atomic mass is 9.87. The van der Waals surface area contributed by atoms with Crippen LogP contribution in [0.5, 0.6) is 0 Å². The smallest absolute Gasteiger partial charge is 0.136 e. The number of hydrogen-bond acceptors (Lipinski definition) is 2. The van der Waals surface area contributed by atoms with Crippen LogP contribution in [0.1, 0.15) is 0 Å². The van der Waals surface area contributed by atoms with Gasteiger partial charge in [0.05, 0.1) is 0 Å². The summed E-state index contributed by atoms with van der Waals surface area (Å²) in [5, 5.41) is 8.03. The van der Waals surface area contributed by atoms with Crippen molar-refractivity contribution in [1.29, 1.82) is 0 Å². The number of benzene rings is 7. The Kier molecular flexibility index (Phi) is 4.93. The van der Waals surface area contributed by atoms with Gasteiger partial charge in [-0.2, -0.15) is 0 Å². The summed E-state index contributed by atoms with van der Waals surface area (Å²) >= 11 is 0. The molecule has 0 aliphatic heterocycles. The highest BCUT2D eigenvalue weighted by Gasteiger charge is 2.20. The van der Waals surface area contributed by atoms with Gasteiger partial charge in [-0.05, 0) is 68.1 Å². The maximum Gasteiger partial charge on any atom is 0.136 e. The first-order valence-electron chi connectivity index (χ1n) is 14.3. The van der Waals surface area contributed by atoms with Gasteiger partial charge in [0.25, 0.3) is 0 Å². The summed E-state index contributed by atoms with van der Waals surface area (Å²) < 4.78 is 12.8. The average molecular weight is 537 g/mol. The third-order valence-corrected chi connectivity index (χ3v) is 8.50. The molecule has 0 unspecified atom stereocenters. The molecule has 0 N–H and O–H groups in total. The van der Waals surface area contributed by atoms with Gasteiger partial charge in [0, 0.05) is 21.7 Å². The molecule has 0 aliphatic rings. The molecule has 2 heteroatoms. The third-order valence-electron chi connectivity index (χ3n) is 8.50. The Morgan fingerprint density at radius 1 is 0.310 bits per heavy atom. The zero-order chi connectivity index (χ0) is 27.6. The van der Waals surface area contributed by atoms with E-state index < -0.39 is 0 Å². The van der Waals surface area contributed by atoms with E-state index in [-0.39, 0.29) is 0 Å². The molecule has 0 bridgehead atoms. The molecule has 7 aromatic carbocycles. The first kappa shape index (κ1) is 23.1. The highest BCUT2D eigenvalue weighted by Crippen LogP contribution is 2.46. The van der Waals surface area contributed by atoms with Crippen molar-refractivity contribution in [3.63, 3.8) is 0 Å². The van der Waals surface area contributed by atoms with E-state index in [2.05, 4.69) is 121 Å². The van der Waals surface area contributed by atoms with Crippen LogP contribution < -0.4 is 0 Å². The van der Waals surface area contributed by atoms with Crippen LogP contribution in [0.25, 0.3) is 88.0 Å². The molecule has 0 fully saturated rings. The van der Waals surface area contributed by atoms with E-state index in [0.717, 1.165) is 44.2 Å². The van der Waals surface area contributed by atoms with Crippen LogP contribution in [0.2, 0.25) is 0 Å². The standard InChI is InChI=1S/C40H24O2/c1-2-10-25(11-3-1)26-18-20-27(21-19-26)38-28-12-4-6-14-30(28)39(31-15-7-5-13-29(31)38)37-24-33-35(42-37)22-23-36-40(33)32-16-8-9-17-34(32)41-36/h1-24H. The molecule has 0 radical (unpaired) electrons. The fourth-order valence-electron chi connectivity index (χ4n) is 6.62. The van der Waals surface area contributed by atoms with Crippen molar-refractivity contribution in [2.45, 2.75) is 0 Å². The second-order valence-corrected chi connectivity index (χ2v) is 10.8. The van der Waals surface area contributed by atoms with Gasteiger partial charge in [-0.15, -0.1) is 0 Å². The minimum atomic E-state index is 0.859. The predicted molar refractivity (Wildman–Crippen MR) is 175 cm³/mol. The first-order chi connectivity index (χ1) is 20.8. The Balaban J connectivity index is 1.31. The SMILES string of the molecule is c1ccc(-c2ccc(-c3c4ccccc4c(-c4cc5c(ccc6oc7ccccc7c65)o4)c4ccccc34)cc2)cc1. The summed E-state index contributed by atoms with van der Waals surface area (Å²) in [4.78, 5) is 0. The molecule has 2 nitrogen and oxygen atoms in total. The Hall–Kier alpha value is -5.60. The monoisotopic (exact) mass is 536 g/mol. The van der Waals surface area contributed by atoms with Gasteiger partial charge in [-0.3, -0.25) is 0 Å². The number of rotatable bonds is 3. The lowest BCUT2D eigenvalue weighted by molar-refractivity contribution is 0.632. The summed E-state index contributed by atoms with van der Waals surface area (Å²) in [5.41, 5.74) is 8.61. The van der Waals surface area contributed by atoms with E-state index in [1.165, 1.54) is 43.8 Å². The molecule has 0 spiro atoms. The van der Waals surface area contributed by atoms with Crippen molar-refractivity contribution >= 4 is 54.5 Å². The first-order valence-corrected chi connectivity index (χ1v) is 14.3. The van der Waals surface area contributed by atoms with Crippen LogP contribution in [0.15, 0.2) is 154 Å². The second-order valence-electron chi connectivity index (χ2n) is 10.8. The number of para-hydroxylation sites is 1. The molecule has 0 amide bonds. The fraction of sp³-hybridized carbons (Fsp3) is 0. The Labute approximate surface area is 242 Å². The molecule has 9 rings (SSSR count). The van der Waals surface area contributed by atoms with E-state index in [0.29, 0.717) is 0 Å². The highest BCUT2D eigenvalue weighted by molar-refractivity contribution is 6.23. The van der Waals surface area contributed by atoms with Crippen molar-refractivity contribution < 1.29 is 8.83 Å². The van der Waals surface area contributed by atoms with Crippen molar-refractivity contribution in [3.05, 3.63) is 146 Å². The zero-order valence-corrected chi connectivity index (χ0v) is 22.7. The molecule has 42 heavy (non-hydrogen) atoms. The Morgan fingerprint density at radius 3 is 1.50 bits per heavy atom.